The van der Waals surface area contributed by atoms with Crippen LogP contribution in [0.1, 0.15) is 25.6 Å². The lowest BCUT2D eigenvalue weighted by Crippen LogP contribution is -2.23. The fourth-order valence-electron chi connectivity index (χ4n) is 1.28. The van der Waals surface area contributed by atoms with E-state index in [9.17, 15) is 0 Å². The van der Waals surface area contributed by atoms with Crippen LogP contribution < -0.4 is 5.32 Å². The van der Waals surface area contributed by atoms with Gasteiger partial charge in [-0.3, -0.25) is 0 Å². The topological polar surface area (TPSA) is 30.5 Å². The van der Waals surface area contributed by atoms with Gasteiger partial charge in [0.1, 0.15) is 0 Å². The van der Waals surface area contributed by atoms with Gasteiger partial charge in [-0.25, -0.2) is 0 Å². The molecule has 1 aromatic heterocycles. The van der Waals surface area contributed by atoms with E-state index in [2.05, 4.69) is 43.6 Å². The van der Waals surface area contributed by atoms with Crippen LogP contribution in [-0.4, -0.2) is 32.0 Å². The molecular weight excluding hydrogens is 234 g/mol. The molecule has 3 nitrogen and oxygen atoms in total. The van der Waals surface area contributed by atoms with E-state index in [0.717, 1.165) is 19.7 Å². The van der Waals surface area contributed by atoms with E-state index in [1.54, 1.807) is 11.3 Å². The summed E-state index contributed by atoms with van der Waals surface area (Å²) in [7, 11) is 0. The molecule has 0 bridgehead atoms. The molecule has 0 saturated carbocycles. The van der Waals surface area contributed by atoms with Crippen LogP contribution in [0.2, 0.25) is 0 Å². The van der Waals surface area contributed by atoms with E-state index in [1.165, 1.54) is 4.88 Å². The maximum Gasteiger partial charge on any atom is 0.0707 e. The van der Waals surface area contributed by atoms with Crippen molar-refractivity contribution in [1.29, 1.82) is 0 Å². The van der Waals surface area contributed by atoms with Crippen LogP contribution in [0.3, 0.4) is 0 Å². The van der Waals surface area contributed by atoms with Crippen molar-refractivity contribution in [3.05, 3.63) is 22.4 Å². The molecule has 4 heteroatoms. The van der Waals surface area contributed by atoms with E-state index in [0.29, 0.717) is 13.2 Å². The van der Waals surface area contributed by atoms with Gasteiger partial charge in [0.25, 0.3) is 0 Å². The Labute approximate surface area is 108 Å². The summed E-state index contributed by atoms with van der Waals surface area (Å²) in [5.41, 5.74) is -0.0687. The average molecular weight is 257 g/mol. The Balaban J connectivity index is 1.85. The zero-order chi connectivity index (χ0) is 12.6. The molecule has 1 rings (SSSR count). The van der Waals surface area contributed by atoms with Crippen LogP contribution in [0.5, 0.6) is 0 Å². The Morgan fingerprint density at radius 1 is 1.24 bits per heavy atom. The van der Waals surface area contributed by atoms with Gasteiger partial charge in [0.15, 0.2) is 0 Å². The first kappa shape index (κ1) is 14.6. The predicted octanol–water partition coefficient (Wildman–Crippen LogP) is 2.67. The molecule has 1 heterocycles. The van der Waals surface area contributed by atoms with Crippen molar-refractivity contribution >= 4 is 11.3 Å². The molecule has 0 fully saturated rings. The van der Waals surface area contributed by atoms with Gasteiger partial charge in [-0.05, 0) is 32.2 Å². The quantitative estimate of drug-likeness (QED) is 0.726. The van der Waals surface area contributed by atoms with E-state index >= 15 is 0 Å². The fourth-order valence-corrected chi connectivity index (χ4v) is 1.95. The zero-order valence-corrected chi connectivity index (χ0v) is 11.8. The van der Waals surface area contributed by atoms with E-state index in [1.807, 2.05) is 0 Å². The molecule has 0 amide bonds. The minimum absolute atomic E-state index is 0.0687. The van der Waals surface area contributed by atoms with Crippen molar-refractivity contribution in [1.82, 2.24) is 5.32 Å². The van der Waals surface area contributed by atoms with Crippen molar-refractivity contribution in [2.75, 3.05) is 26.4 Å². The largest absolute Gasteiger partial charge is 0.378 e. The van der Waals surface area contributed by atoms with Gasteiger partial charge >= 0.3 is 0 Å². The van der Waals surface area contributed by atoms with Gasteiger partial charge in [0.05, 0.1) is 25.4 Å². The van der Waals surface area contributed by atoms with Gasteiger partial charge < -0.3 is 14.8 Å². The second kappa shape index (κ2) is 7.82. The fraction of sp³-hybridized carbons (Fsp3) is 0.692. The van der Waals surface area contributed by atoms with Crippen LogP contribution in [0, 0.1) is 0 Å². The summed E-state index contributed by atoms with van der Waals surface area (Å²) in [4.78, 5) is 1.36. The minimum atomic E-state index is -0.0687. The van der Waals surface area contributed by atoms with Crippen LogP contribution in [0.15, 0.2) is 17.5 Å². The molecule has 0 aliphatic heterocycles. The van der Waals surface area contributed by atoms with Crippen LogP contribution in [0.25, 0.3) is 0 Å². The summed E-state index contributed by atoms with van der Waals surface area (Å²) >= 11 is 1.77. The molecule has 98 valence electrons. The predicted molar refractivity (Wildman–Crippen MR) is 72.5 cm³/mol. The van der Waals surface area contributed by atoms with Crippen molar-refractivity contribution < 1.29 is 9.47 Å². The molecule has 17 heavy (non-hydrogen) atoms. The SMILES string of the molecule is CC(C)(C)OCCOCCNCc1cccs1. The van der Waals surface area contributed by atoms with E-state index in [4.69, 9.17) is 9.47 Å². The monoisotopic (exact) mass is 257 g/mol. The molecule has 0 unspecified atom stereocenters. The molecule has 0 aliphatic carbocycles. The maximum atomic E-state index is 5.55. The third-order valence-corrected chi connectivity index (χ3v) is 2.94. The van der Waals surface area contributed by atoms with Crippen LogP contribution in [-0.2, 0) is 16.0 Å². The highest BCUT2D eigenvalue weighted by atomic mass is 32.1. The number of nitrogens with one attached hydrogen (secondary N) is 1. The minimum Gasteiger partial charge on any atom is -0.378 e. The summed E-state index contributed by atoms with van der Waals surface area (Å²) in [5, 5.41) is 5.43. The number of rotatable bonds is 8. The van der Waals surface area contributed by atoms with Gasteiger partial charge in [0.2, 0.25) is 0 Å². The highest BCUT2D eigenvalue weighted by Gasteiger charge is 2.08. The lowest BCUT2D eigenvalue weighted by Gasteiger charge is -2.19. The number of hydrogen-bond acceptors (Lipinski definition) is 4. The van der Waals surface area contributed by atoms with Crippen LogP contribution >= 0.6 is 11.3 Å². The first-order valence-corrected chi connectivity index (χ1v) is 6.91. The van der Waals surface area contributed by atoms with E-state index in [-0.39, 0.29) is 5.60 Å². The molecule has 0 spiro atoms. The number of ether oxygens (including phenoxy) is 2. The summed E-state index contributed by atoms with van der Waals surface area (Å²) in [6, 6.07) is 4.21. The second-order valence-corrected chi connectivity index (χ2v) is 5.86. The smallest absolute Gasteiger partial charge is 0.0707 e. The molecule has 1 N–H and O–H groups in total. The third kappa shape index (κ3) is 8.32. The lowest BCUT2D eigenvalue weighted by atomic mass is 10.2. The molecule has 1 aromatic rings. The van der Waals surface area contributed by atoms with E-state index < -0.39 is 0 Å². The Kier molecular flexibility index (Phi) is 6.73. The summed E-state index contributed by atoms with van der Waals surface area (Å²) in [6.07, 6.45) is 0. The van der Waals surface area contributed by atoms with Crippen molar-refractivity contribution in [3.8, 4) is 0 Å². The van der Waals surface area contributed by atoms with Crippen molar-refractivity contribution in [3.63, 3.8) is 0 Å². The Hall–Kier alpha value is -0.420. The zero-order valence-electron chi connectivity index (χ0n) is 11.0. The lowest BCUT2D eigenvalue weighted by molar-refractivity contribution is -0.0343. The van der Waals surface area contributed by atoms with Gasteiger partial charge in [0, 0.05) is 18.0 Å². The summed E-state index contributed by atoms with van der Waals surface area (Å²) < 4.78 is 11.0. The standard InChI is InChI=1S/C13H23NO2S/c1-13(2,3)16-9-8-15-7-6-14-11-12-5-4-10-17-12/h4-5,10,14H,6-9,11H2,1-3H3. The molecule has 0 aliphatic rings. The maximum absolute atomic E-state index is 5.55. The summed E-state index contributed by atoms with van der Waals surface area (Å²) in [6.45, 7) is 10.0. The summed E-state index contributed by atoms with van der Waals surface area (Å²) in [5.74, 6) is 0. The Morgan fingerprint density at radius 3 is 2.71 bits per heavy atom. The molecule has 0 radical (unpaired) electrons. The molecule has 0 atom stereocenters. The van der Waals surface area contributed by atoms with Crippen molar-refractivity contribution in [2.24, 2.45) is 0 Å². The highest BCUT2D eigenvalue weighted by molar-refractivity contribution is 7.09. The van der Waals surface area contributed by atoms with Gasteiger partial charge in [-0.1, -0.05) is 6.07 Å². The normalized spacial score (nSPS) is 11.9. The first-order valence-electron chi connectivity index (χ1n) is 6.03. The number of thiophene rings is 1. The van der Waals surface area contributed by atoms with Gasteiger partial charge in [-0.15, -0.1) is 11.3 Å². The van der Waals surface area contributed by atoms with Crippen molar-refractivity contribution in [2.45, 2.75) is 32.9 Å². The number of hydrogen-bond donors (Lipinski definition) is 1. The second-order valence-electron chi connectivity index (χ2n) is 4.83. The van der Waals surface area contributed by atoms with Crippen LogP contribution in [0.4, 0.5) is 0 Å². The first-order chi connectivity index (χ1) is 8.08. The Bertz CT molecular complexity index is 280. The highest BCUT2D eigenvalue weighted by Crippen LogP contribution is 2.07. The van der Waals surface area contributed by atoms with Gasteiger partial charge in [-0.2, -0.15) is 0 Å². The molecular formula is C13H23NO2S. The average Bonchev–Trinajstić information content (AvgIpc) is 2.73. The Morgan fingerprint density at radius 2 is 2.06 bits per heavy atom. The molecule has 0 saturated heterocycles. The molecule has 0 aromatic carbocycles. The third-order valence-electron chi connectivity index (χ3n) is 2.07.